The molecular weight excluding hydrogens is 369 g/mol. The second-order valence-electron chi connectivity index (χ2n) is 7.53. The van der Waals surface area contributed by atoms with Crippen LogP contribution in [-0.4, -0.2) is 54.7 Å². The van der Waals surface area contributed by atoms with Gasteiger partial charge in [0.2, 0.25) is 0 Å². The van der Waals surface area contributed by atoms with Gasteiger partial charge in [0.05, 0.1) is 6.07 Å². The zero-order valence-corrected chi connectivity index (χ0v) is 16.7. The molecule has 1 aliphatic rings. The van der Waals surface area contributed by atoms with Crippen molar-refractivity contribution < 1.29 is 13.7 Å². The lowest BCUT2D eigenvalue weighted by Gasteiger charge is -2.32. The van der Waals surface area contributed by atoms with Gasteiger partial charge in [0, 0.05) is 31.7 Å². The number of nitrogens with zero attached hydrogens (tertiary/aromatic N) is 3. The molecule has 0 saturated carbocycles. The largest absolute Gasteiger partial charge is 0.436 e. The third-order valence-corrected chi connectivity index (χ3v) is 5.30. The molecule has 0 spiro atoms. The second-order valence-corrected chi connectivity index (χ2v) is 7.53. The molecule has 1 aliphatic heterocycles. The van der Waals surface area contributed by atoms with Crippen LogP contribution in [0.15, 0.2) is 59.1 Å². The molecule has 0 unspecified atom stereocenters. The van der Waals surface area contributed by atoms with Crippen molar-refractivity contribution in [3.8, 4) is 23.0 Å². The number of aryl methyl sites for hydroxylation is 1. The molecule has 29 heavy (non-hydrogen) atoms. The number of hydrogen-bond donors (Lipinski definition) is 0. The zero-order valence-electron chi connectivity index (χ0n) is 16.7. The van der Waals surface area contributed by atoms with Crippen LogP contribution in [-0.2, 0) is 6.42 Å². The molecular formula is C23H26FN3O2. The van der Waals surface area contributed by atoms with Crippen molar-refractivity contribution in [2.45, 2.75) is 12.8 Å². The van der Waals surface area contributed by atoms with E-state index < -0.39 is 0 Å². The number of aromatic nitrogens is 1. The predicted molar refractivity (Wildman–Crippen MR) is 111 cm³/mol. The fourth-order valence-electron chi connectivity index (χ4n) is 3.48. The highest BCUT2D eigenvalue weighted by molar-refractivity contribution is 5.58. The minimum Gasteiger partial charge on any atom is -0.436 e. The van der Waals surface area contributed by atoms with Gasteiger partial charge in [0.25, 0.3) is 5.88 Å². The zero-order chi connectivity index (χ0) is 20.1. The smallest absolute Gasteiger partial charge is 0.260 e. The molecule has 0 amide bonds. The molecule has 152 valence electrons. The van der Waals surface area contributed by atoms with E-state index in [-0.39, 0.29) is 5.82 Å². The highest BCUT2D eigenvalue weighted by atomic mass is 19.1. The molecule has 6 heteroatoms. The first-order valence-electron chi connectivity index (χ1n) is 10.1. The first-order chi connectivity index (χ1) is 14.2. The summed E-state index contributed by atoms with van der Waals surface area (Å²) in [5, 5.41) is 3.94. The van der Waals surface area contributed by atoms with Gasteiger partial charge >= 0.3 is 0 Å². The Kier molecular flexibility index (Phi) is 6.22. The van der Waals surface area contributed by atoms with Crippen molar-refractivity contribution in [1.82, 2.24) is 15.0 Å². The first kappa shape index (κ1) is 19.6. The second kappa shape index (κ2) is 9.20. The number of halogens is 1. The lowest BCUT2D eigenvalue weighted by molar-refractivity contribution is 0.153. The molecule has 1 fully saturated rings. The van der Waals surface area contributed by atoms with E-state index in [2.05, 4.69) is 34.1 Å². The van der Waals surface area contributed by atoms with Crippen LogP contribution >= 0.6 is 0 Å². The Balaban J connectivity index is 1.27. The van der Waals surface area contributed by atoms with Gasteiger partial charge in [-0.05, 0) is 73.6 Å². The molecule has 4 rings (SSSR count). The summed E-state index contributed by atoms with van der Waals surface area (Å²) in [7, 11) is 2.18. The lowest BCUT2D eigenvalue weighted by Crippen LogP contribution is -2.44. The Hall–Kier alpha value is -2.70. The topological polar surface area (TPSA) is 41.7 Å². The summed E-state index contributed by atoms with van der Waals surface area (Å²) in [6, 6.07) is 15.9. The molecule has 0 radical (unpaired) electrons. The van der Waals surface area contributed by atoms with E-state index in [0.29, 0.717) is 17.4 Å². The number of hydrogen-bond acceptors (Lipinski definition) is 5. The van der Waals surface area contributed by atoms with Crippen LogP contribution in [0.25, 0.3) is 11.3 Å². The molecule has 3 aromatic rings. The molecule has 1 saturated heterocycles. The normalized spacial score (nSPS) is 15.5. The summed E-state index contributed by atoms with van der Waals surface area (Å²) in [4.78, 5) is 4.92. The number of ether oxygens (including phenoxy) is 1. The van der Waals surface area contributed by atoms with Gasteiger partial charge < -0.3 is 19.1 Å². The standard InChI is InChI=1S/C23H26FN3O2/c1-26-13-15-27(16-14-26)12-2-3-18-4-10-21(11-5-18)28-23-17-22(29-25-23)19-6-8-20(24)9-7-19/h4-11,17H,2-3,12-16H2,1H3. The van der Waals surface area contributed by atoms with Gasteiger partial charge in [0.1, 0.15) is 11.6 Å². The highest BCUT2D eigenvalue weighted by Gasteiger charge is 2.13. The van der Waals surface area contributed by atoms with Gasteiger partial charge in [0.15, 0.2) is 5.76 Å². The molecule has 2 aromatic carbocycles. The van der Waals surface area contributed by atoms with Crippen LogP contribution in [0, 0.1) is 5.82 Å². The van der Waals surface area contributed by atoms with E-state index in [1.54, 1.807) is 18.2 Å². The molecule has 5 nitrogen and oxygen atoms in total. The molecule has 0 aliphatic carbocycles. The Labute approximate surface area is 170 Å². The monoisotopic (exact) mass is 395 g/mol. The fraction of sp³-hybridized carbons (Fsp3) is 0.348. The Morgan fingerprint density at radius 1 is 1.00 bits per heavy atom. The Morgan fingerprint density at radius 2 is 1.72 bits per heavy atom. The minimum absolute atomic E-state index is 0.284. The van der Waals surface area contributed by atoms with E-state index in [0.717, 1.165) is 38.0 Å². The van der Waals surface area contributed by atoms with Crippen molar-refractivity contribution >= 4 is 0 Å². The average molecular weight is 395 g/mol. The van der Waals surface area contributed by atoms with Crippen LogP contribution in [0.4, 0.5) is 4.39 Å². The minimum atomic E-state index is -0.284. The van der Waals surface area contributed by atoms with E-state index in [4.69, 9.17) is 9.26 Å². The molecule has 2 heterocycles. The molecule has 1 aromatic heterocycles. The third kappa shape index (κ3) is 5.43. The SMILES string of the molecule is CN1CCN(CCCc2ccc(Oc3cc(-c4ccc(F)cc4)on3)cc2)CC1. The van der Waals surface area contributed by atoms with E-state index in [9.17, 15) is 4.39 Å². The van der Waals surface area contributed by atoms with Gasteiger partial charge in [-0.25, -0.2) is 4.39 Å². The fourth-order valence-corrected chi connectivity index (χ4v) is 3.48. The summed E-state index contributed by atoms with van der Waals surface area (Å²) in [6.07, 6.45) is 2.22. The number of likely N-dealkylation sites (N-methyl/N-ethyl adjacent to an activating group) is 1. The summed E-state index contributed by atoms with van der Waals surface area (Å²) in [5.74, 6) is 1.35. The van der Waals surface area contributed by atoms with Crippen molar-refractivity contribution in [1.29, 1.82) is 0 Å². The van der Waals surface area contributed by atoms with Crippen LogP contribution in [0.2, 0.25) is 0 Å². The Bertz CT molecular complexity index is 901. The number of piperazine rings is 1. The Morgan fingerprint density at radius 3 is 2.45 bits per heavy atom. The maximum atomic E-state index is 13.0. The van der Waals surface area contributed by atoms with Crippen LogP contribution in [0.1, 0.15) is 12.0 Å². The summed E-state index contributed by atoms with van der Waals surface area (Å²) in [5.41, 5.74) is 2.06. The highest BCUT2D eigenvalue weighted by Crippen LogP contribution is 2.27. The molecule has 0 bridgehead atoms. The van der Waals surface area contributed by atoms with Crippen LogP contribution in [0.3, 0.4) is 0 Å². The lowest BCUT2D eigenvalue weighted by atomic mass is 10.1. The van der Waals surface area contributed by atoms with Gasteiger partial charge in [-0.15, -0.1) is 0 Å². The average Bonchev–Trinajstić information content (AvgIpc) is 3.20. The maximum absolute atomic E-state index is 13.0. The summed E-state index contributed by atoms with van der Waals surface area (Å²) >= 11 is 0. The first-order valence-corrected chi connectivity index (χ1v) is 10.1. The third-order valence-electron chi connectivity index (χ3n) is 5.30. The van der Waals surface area contributed by atoms with Gasteiger partial charge in [-0.1, -0.05) is 12.1 Å². The van der Waals surface area contributed by atoms with E-state index in [1.165, 1.54) is 30.8 Å². The molecule has 0 atom stereocenters. The summed E-state index contributed by atoms with van der Waals surface area (Å²) < 4.78 is 24.1. The van der Waals surface area contributed by atoms with Crippen LogP contribution < -0.4 is 4.74 Å². The molecule has 0 N–H and O–H groups in total. The van der Waals surface area contributed by atoms with Crippen molar-refractivity contribution in [3.63, 3.8) is 0 Å². The van der Waals surface area contributed by atoms with Crippen molar-refractivity contribution in [2.24, 2.45) is 0 Å². The summed E-state index contributed by atoms with van der Waals surface area (Å²) in [6.45, 7) is 5.81. The van der Waals surface area contributed by atoms with Crippen molar-refractivity contribution in [2.75, 3.05) is 39.8 Å². The quantitative estimate of drug-likeness (QED) is 0.591. The van der Waals surface area contributed by atoms with Crippen LogP contribution in [0.5, 0.6) is 11.6 Å². The van der Waals surface area contributed by atoms with Gasteiger partial charge in [-0.3, -0.25) is 0 Å². The maximum Gasteiger partial charge on any atom is 0.260 e. The van der Waals surface area contributed by atoms with E-state index in [1.807, 2.05) is 12.1 Å². The predicted octanol–water partition coefficient (Wildman–Crippen LogP) is 4.45. The van der Waals surface area contributed by atoms with E-state index >= 15 is 0 Å². The van der Waals surface area contributed by atoms with Gasteiger partial charge in [-0.2, -0.15) is 0 Å². The van der Waals surface area contributed by atoms with Crippen molar-refractivity contribution in [3.05, 3.63) is 66.0 Å². The number of rotatable bonds is 7. The number of benzene rings is 2.